The number of H-pyrrole nitrogens is 1. The van der Waals surface area contributed by atoms with Crippen molar-refractivity contribution in [3.8, 4) is 0 Å². The Kier molecular flexibility index (Phi) is 5.54. The van der Waals surface area contributed by atoms with Crippen molar-refractivity contribution in [3.05, 3.63) is 80.6 Å². The number of likely N-dealkylation sites (N-methyl/N-ethyl adjacent to an activating group) is 1. The van der Waals surface area contributed by atoms with Gasteiger partial charge in [0.15, 0.2) is 0 Å². The lowest BCUT2D eigenvalue weighted by molar-refractivity contribution is 0.127. The first-order valence-electron chi connectivity index (χ1n) is 9.89. The first kappa shape index (κ1) is 19.2. The molecule has 1 fully saturated rings. The van der Waals surface area contributed by atoms with Gasteiger partial charge in [0.2, 0.25) is 0 Å². The minimum atomic E-state index is 0.0102. The third kappa shape index (κ3) is 3.86. The number of halogens is 1. The maximum Gasteiger partial charge on any atom is 0.251 e. The van der Waals surface area contributed by atoms with Crippen molar-refractivity contribution in [1.29, 1.82) is 0 Å². The molecule has 0 radical (unpaired) electrons. The van der Waals surface area contributed by atoms with Crippen LogP contribution in [0.15, 0.2) is 53.3 Å². The van der Waals surface area contributed by atoms with Crippen molar-refractivity contribution in [2.45, 2.75) is 19.4 Å². The molecule has 1 aliphatic rings. The van der Waals surface area contributed by atoms with Crippen LogP contribution in [0.3, 0.4) is 0 Å². The van der Waals surface area contributed by atoms with Crippen LogP contribution < -0.4 is 5.56 Å². The van der Waals surface area contributed by atoms with Crippen molar-refractivity contribution in [2.75, 3.05) is 33.2 Å². The lowest BCUT2D eigenvalue weighted by Crippen LogP contribution is -2.46. The van der Waals surface area contributed by atoms with Crippen LogP contribution in [0.1, 0.15) is 29.7 Å². The molecule has 1 atom stereocenters. The molecule has 4 nitrogen and oxygen atoms in total. The van der Waals surface area contributed by atoms with E-state index >= 15 is 0 Å². The fourth-order valence-corrected chi connectivity index (χ4v) is 4.17. The number of aromatic nitrogens is 1. The van der Waals surface area contributed by atoms with Gasteiger partial charge in [0.25, 0.3) is 5.56 Å². The van der Waals surface area contributed by atoms with Crippen LogP contribution in [-0.2, 0) is 6.42 Å². The Hall–Kier alpha value is -2.14. The molecule has 1 unspecified atom stereocenters. The van der Waals surface area contributed by atoms with Gasteiger partial charge in [-0.05, 0) is 60.3 Å². The van der Waals surface area contributed by atoms with E-state index in [1.54, 1.807) is 0 Å². The number of nitrogens with zero attached hydrogens (tertiary/aromatic N) is 2. The second kappa shape index (κ2) is 8.08. The van der Waals surface area contributed by atoms with E-state index in [-0.39, 0.29) is 11.6 Å². The predicted octanol–water partition coefficient (Wildman–Crippen LogP) is 4.08. The topological polar surface area (TPSA) is 39.3 Å². The van der Waals surface area contributed by atoms with Crippen LogP contribution in [-0.4, -0.2) is 48.0 Å². The molecule has 28 heavy (non-hydrogen) atoms. The van der Waals surface area contributed by atoms with Gasteiger partial charge >= 0.3 is 0 Å². The van der Waals surface area contributed by atoms with Gasteiger partial charge in [0.1, 0.15) is 0 Å². The minimum absolute atomic E-state index is 0.0102. The Morgan fingerprint density at radius 1 is 1.00 bits per heavy atom. The molecule has 0 spiro atoms. The highest BCUT2D eigenvalue weighted by Crippen LogP contribution is 2.32. The van der Waals surface area contributed by atoms with E-state index < -0.39 is 0 Å². The first-order chi connectivity index (χ1) is 13.5. The second-order valence-electron chi connectivity index (χ2n) is 7.62. The van der Waals surface area contributed by atoms with Crippen molar-refractivity contribution < 1.29 is 0 Å². The van der Waals surface area contributed by atoms with E-state index in [0.717, 1.165) is 54.1 Å². The minimum Gasteiger partial charge on any atom is -0.322 e. The van der Waals surface area contributed by atoms with Gasteiger partial charge in [-0.2, -0.15) is 0 Å². The summed E-state index contributed by atoms with van der Waals surface area (Å²) in [7, 11) is 2.17. The van der Waals surface area contributed by atoms with Crippen LogP contribution >= 0.6 is 11.6 Å². The third-order valence-corrected chi connectivity index (χ3v) is 5.98. The summed E-state index contributed by atoms with van der Waals surface area (Å²) >= 11 is 6.14. The quantitative estimate of drug-likeness (QED) is 0.723. The molecule has 0 bridgehead atoms. The molecule has 0 saturated carbocycles. The predicted molar refractivity (Wildman–Crippen MR) is 116 cm³/mol. The SMILES string of the molecule is CCc1cc2cc(C(c3ccc(Cl)cc3)N3CCN(C)CC3)ccc2[nH]c1=O. The summed E-state index contributed by atoms with van der Waals surface area (Å²) in [5.74, 6) is 0. The average molecular weight is 396 g/mol. The zero-order valence-corrected chi connectivity index (χ0v) is 17.2. The molecule has 1 N–H and O–H groups in total. The van der Waals surface area contributed by atoms with Gasteiger partial charge in [0, 0.05) is 42.3 Å². The summed E-state index contributed by atoms with van der Waals surface area (Å²) in [6, 6.07) is 16.8. The van der Waals surface area contributed by atoms with Gasteiger partial charge in [-0.15, -0.1) is 0 Å². The number of fused-ring (bicyclic) bond motifs is 1. The zero-order valence-electron chi connectivity index (χ0n) is 16.4. The van der Waals surface area contributed by atoms with Crippen LogP contribution in [0.5, 0.6) is 0 Å². The summed E-state index contributed by atoms with van der Waals surface area (Å²) in [4.78, 5) is 20.1. The summed E-state index contributed by atoms with van der Waals surface area (Å²) in [5, 5.41) is 1.84. The van der Waals surface area contributed by atoms with Crippen LogP contribution in [0.2, 0.25) is 5.02 Å². The number of aromatic amines is 1. The molecule has 146 valence electrons. The van der Waals surface area contributed by atoms with Crippen molar-refractivity contribution in [1.82, 2.24) is 14.8 Å². The van der Waals surface area contributed by atoms with E-state index in [4.69, 9.17) is 11.6 Å². The number of rotatable bonds is 4. The van der Waals surface area contributed by atoms with Crippen LogP contribution in [0, 0.1) is 0 Å². The fraction of sp³-hybridized carbons (Fsp3) is 0.348. The van der Waals surface area contributed by atoms with Gasteiger partial charge in [0.05, 0.1) is 6.04 Å². The van der Waals surface area contributed by atoms with Crippen molar-refractivity contribution in [3.63, 3.8) is 0 Å². The molecule has 2 heterocycles. The fourth-order valence-electron chi connectivity index (χ4n) is 4.04. The summed E-state index contributed by atoms with van der Waals surface area (Å²) < 4.78 is 0. The van der Waals surface area contributed by atoms with E-state index in [0.29, 0.717) is 0 Å². The molecule has 2 aromatic carbocycles. The summed E-state index contributed by atoms with van der Waals surface area (Å²) in [5.41, 5.74) is 4.21. The smallest absolute Gasteiger partial charge is 0.251 e. The molecule has 1 aromatic heterocycles. The van der Waals surface area contributed by atoms with E-state index in [1.165, 1.54) is 11.1 Å². The van der Waals surface area contributed by atoms with E-state index in [1.807, 2.05) is 31.2 Å². The zero-order chi connectivity index (χ0) is 19.7. The molecular formula is C23H26ClN3O. The molecule has 0 aliphatic carbocycles. The summed E-state index contributed by atoms with van der Waals surface area (Å²) in [6.07, 6.45) is 0.731. The molecule has 5 heteroatoms. The molecular weight excluding hydrogens is 370 g/mol. The van der Waals surface area contributed by atoms with Crippen LogP contribution in [0.4, 0.5) is 0 Å². The lowest BCUT2D eigenvalue weighted by Gasteiger charge is -2.38. The number of benzene rings is 2. The number of pyridine rings is 1. The van der Waals surface area contributed by atoms with Crippen LogP contribution in [0.25, 0.3) is 10.9 Å². The Labute approximate surface area is 170 Å². The summed E-state index contributed by atoms with van der Waals surface area (Å²) in [6.45, 7) is 6.18. The number of nitrogens with one attached hydrogen (secondary N) is 1. The first-order valence-corrected chi connectivity index (χ1v) is 10.3. The second-order valence-corrected chi connectivity index (χ2v) is 8.05. The van der Waals surface area contributed by atoms with Gasteiger partial charge in [-0.3, -0.25) is 9.69 Å². The number of aryl methyl sites for hydroxylation is 1. The molecule has 0 amide bonds. The Morgan fingerprint density at radius 2 is 1.68 bits per heavy atom. The van der Waals surface area contributed by atoms with Crippen molar-refractivity contribution in [2.24, 2.45) is 0 Å². The Bertz CT molecular complexity index is 1020. The Morgan fingerprint density at radius 3 is 2.36 bits per heavy atom. The van der Waals surface area contributed by atoms with Gasteiger partial charge < -0.3 is 9.88 Å². The standard InChI is InChI=1S/C23H26ClN3O/c1-3-16-14-19-15-18(6-9-21(19)25-23(16)28)22(17-4-7-20(24)8-5-17)27-12-10-26(2)11-13-27/h4-9,14-15,22H,3,10-13H2,1-2H3,(H,25,28). The molecule has 3 aromatic rings. The van der Waals surface area contributed by atoms with Gasteiger partial charge in [-0.25, -0.2) is 0 Å². The van der Waals surface area contributed by atoms with E-state index in [2.05, 4.69) is 46.1 Å². The average Bonchev–Trinajstić information content (AvgIpc) is 2.70. The van der Waals surface area contributed by atoms with E-state index in [9.17, 15) is 4.79 Å². The third-order valence-electron chi connectivity index (χ3n) is 5.73. The Balaban J connectivity index is 1.80. The highest BCUT2D eigenvalue weighted by atomic mass is 35.5. The highest BCUT2D eigenvalue weighted by Gasteiger charge is 2.25. The van der Waals surface area contributed by atoms with Crippen molar-refractivity contribution >= 4 is 22.5 Å². The van der Waals surface area contributed by atoms with Gasteiger partial charge in [-0.1, -0.05) is 36.7 Å². The number of piperazine rings is 1. The number of hydrogen-bond acceptors (Lipinski definition) is 3. The molecule has 1 aliphatic heterocycles. The normalized spacial score (nSPS) is 17.1. The largest absolute Gasteiger partial charge is 0.322 e. The maximum absolute atomic E-state index is 12.1. The number of hydrogen-bond donors (Lipinski definition) is 1. The lowest BCUT2D eigenvalue weighted by atomic mass is 9.94. The maximum atomic E-state index is 12.1. The highest BCUT2D eigenvalue weighted by molar-refractivity contribution is 6.30. The monoisotopic (exact) mass is 395 g/mol. The molecule has 4 rings (SSSR count). The molecule has 1 saturated heterocycles.